The van der Waals surface area contributed by atoms with Crippen LogP contribution < -0.4 is 5.32 Å². The van der Waals surface area contributed by atoms with E-state index in [1.54, 1.807) is 0 Å². The molecule has 2 saturated heterocycles. The van der Waals surface area contributed by atoms with Crippen molar-refractivity contribution in [2.45, 2.75) is 31.9 Å². The van der Waals surface area contributed by atoms with Gasteiger partial charge in [0.2, 0.25) is 5.91 Å². The van der Waals surface area contributed by atoms with E-state index in [0.29, 0.717) is 0 Å². The molecule has 0 saturated carbocycles. The van der Waals surface area contributed by atoms with Crippen LogP contribution in [0.15, 0.2) is 0 Å². The molecule has 0 aliphatic carbocycles. The smallest absolute Gasteiger partial charge is 0.226 e. The third-order valence-electron chi connectivity index (χ3n) is 4.56. The normalized spacial score (nSPS) is 33.0. The van der Waals surface area contributed by atoms with E-state index in [2.05, 4.69) is 10.2 Å². The molecule has 1 N–H and O–H groups in total. The number of methoxy groups -OCH3 is 1. The zero-order valence-corrected chi connectivity index (χ0v) is 13.2. The maximum atomic E-state index is 12.5. The molecule has 7 heteroatoms. The lowest BCUT2D eigenvalue weighted by Gasteiger charge is -2.37. The highest BCUT2D eigenvalue weighted by Gasteiger charge is 2.42. The number of hydrogen-bond donors (Lipinski definition) is 1. The van der Waals surface area contributed by atoms with E-state index >= 15 is 0 Å². The lowest BCUT2D eigenvalue weighted by Crippen LogP contribution is -2.52. The summed E-state index contributed by atoms with van der Waals surface area (Å²) in [4.78, 5) is 14.7. The summed E-state index contributed by atoms with van der Waals surface area (Å²) in [6.45, 7) is 3.74. The summed E-state index contributed by atoms with van der Waals surface area (Å²) < 4.78 is 28.5. The standard InChI is InChI=1S/C13H24N2O4S/c1-13(4-6-15(2)7-5-13)12(16)14-10-8-20(17,18)9-11(10)19-3/h10-11H,4-9H2,1-3H3,(H,14,16)/t10-,11-/m1/s1. The summed E-state index contributed by atoms with van der Waals surface area (Å²) in [6.07, 6.45) is 1.16. The predicted octanol–water partition coefficient (Wildman–Crippen LogP) is -0.353. The molecule has 20 heavy (non-hydrogen) atoms. The van der Waals surface area contributed by atoms with Crippen LogP contribution in [0.3, 0.4) is 0 Å². The Bertz CT molecular complexity index is 469. The number of likely N-dealkylation sites (tertiary alicyclic amines) is 1. The molecule has 6 nitrogen and oxygen atoms in total. The van der Waals surface area contributed by atoms with Gasteiger partial charge in [0.05, 0.1) is 23.7 Å². The van der Waals surface area contributed by atoms with Crippen molar-refractivity contribution in [3.05, 3.63) is 0 Å². The van der Waals surface area contributed by atoms with Gasteiger partial charge in [-0.2, -0.15) is 0 Å². The second kappa shape index (κ2) is 5.61. The van der Waals surface area contributed by atoms with Crippen molar-refractivity contribution in [1.29, 1.82) is 0 Å². The maximum absolute atomic E-state index is 12.5. The molecular formula is C13H24N2O4S. The number of piperidine rings is 1. The van der Waals surface area contributed by atoms with Crippen LogP contribution in [0.4, 0.5) is 0 Å². The second-order valence-corrected chi connectivity index (χ2v) is 8.45. The molecule has 2 heterocycles. The van der Waals surface area contributed by atoms with Gasteiger partial charge in [-0.1, -0.05) is 6.92 Å². The fourth-order valence-electron chi connectivity index (χ4n) is 2.86. The van der Waals surface area contributed by atoms with Gasteiger partial charge < -0.3 is 15.0 Å². The monoisotopic (exact) mass is 304 g/mol. The molecule has 0 aromatic carbocycles. The number of carbonyl (C=O) groups is 1. The molecule has 2 fully saturated rings. The minimum atomic E-state index is -3.11. The third kappa shape index (κ3) is 3.32. The molecule has 2 atom stereocenters. The number of sulfone groups is 1. The topological polar surface area (TPSA) is 75.7 Å². The molecule has 0 radical (unpaired) electrons. The number of nitrogens with one attached hydrogen (secondary N) is 1. The summed E-state index contributed by atoms with van der Waals surface area (Å²) in [5, 5.41) is 2.90. The second-order valence-electron chi connectivity index (χ2n) is 6.29. The molecule has 0 spiro atoms. The highest BCUT2D eigenvalue weighted by atomic mass is 32.2. The van der Waals surface area contributed by atoms with Gasteiger partial charge in [-0.15, -0.1) is 0 Å². The number of amides is 1. The molecule has 1 amide bonds. The molecule has 0 unspecified atom stereocenters. The molecule has 0 bridgehead atoms. The molecule has 116 valence electrons. The number of ether oxygens (including phenoxy) is 1. The fourth-order valence-corrected chi connectivity index (χ4v) is 4.71. The summed E-state index contributed by atoms with van der Waals surface area (Å²) in [5.41, 5.74) is -0.406. The van der Waals surface area contributed by atoms with E-state index in [0.717, 1.165) is 25.9 Å². The van der Waals surface area contributed by atoms with E-state index in [1.807, 2.05) is 14.0 Å². The quantitative estimate of drug-likeness (QED) is 0.771. The highest BCUT2D eigenvalue weighted by molar-refractivity contribution is 7.91. The van der Waals surface area contributed by atoms with E-state index < -0.39 is 27.4 Å². The van der Waals surface area contributed by atoms with Gasteiger partial charge >= 0.3 is 0 Å². The number of carbonyl (C=O) groups excluding carboxylic acids is 1. The first kappa shape index (κ1) is 15.7. The number of rotatable bonds is 3. The Balaban J connectivity index is 2.00. The van der Waals surface area contributed by atoms with Crippen molar-refractivity contribution in [2.75, 3.05) is 38.8 Å². The van der Waals surface area contributed by atoms with Crippen molar-refractivity contribution < 1.29 is 17.9 Å². The summed E-state index contributed by atoms with van der Waals surface area (Å²) in [7, 11) is 0.422. The summed E-state index contributed by atoms with van der Waals surface area (Å²) >= 11 is 0. The molecule has 2 aliphatic heterocycles. The van der Waals surface area contributed by atoms with Crippen molar-refractivity contribution in [2.24, 2.45) is 5.41 Å². The van der Waals surface area contributed by atoms with Crippen molar-refractivity contribution in [3.8, 4) is 0 Å². The molecular weight excluding hydrogens is 280 g/mol. The lowest BCUT2D eigenvalue weighted by molar-refractivity contribution is -0.134. The minimum absolute atomic E-state index is 0.00605. The van der Waals surface area contributed by atoms with Crippen LogP contribution in [0, 0.1) is 5.41 Å². The van der Waals surface area contributed by atoms with E-state index in [-0.39, 0.29) is 17.4 Å². The summed E-state index contributed by atoms with van der Waals surface area (Å²) in [6, 6.07) is -0.422. The van der Waals surface area contributed by atoms with Gasteiger partial charge in [0.15, 0.2) is 9.84 Å². The Kier molecular flexibility index (Phi) is 4.41. The molecule has 2 aliphatic rings. The average Bonchev–Trinajstić information content (AvgIpc) is 2.67. The minimum Gasteiger partial charge on any atom is -0.378 e. The Hall–Kier alpha value is -0.660. The van der Waals surface area contributed by atoms with Gasteiger partial charge in [-0.05, 0) is 33.0 Å². The Labute approximate surface area is 120 Å². The maximum Gasteiger partial charge on any atom is 0.226 e. The molecule has 0 aromatic rings. The molecule has 2 rings (SSSR count). The third-order valence-corrected chi connectivity index (χ3v) is 6.26. The van der Waals surface area contributed by atoms with Crippen LogP contribution in [0.25, 0.3) is 0 Å². The zero-order chi connectivity index (χ0) is 15.0. The number of hydrogen-bond acceptors (Lipinski definition) is 5. The van der Waals surface area contributed by atoms with E-state index in [9.17, 15) is 13.2 Å². The molecule has 0 aromatic heterocycles. The fraction of sp³-hybridized carbons (Fsp3) is 0.923. The Morgan fingerprint density at radius 1 is 1.30 bits per heavy atom. The Morgan fingerprint density at radius 3 is 2.45 bits per heavy atom. The number of nitrogens with zero attached hydrogens (tertiary/aromatic N) is 1. The van der Waals surface area contributed by atoms with Crippen LogP contribution >= 0.6 is 0 Å². The van der Waals surface area contributed by atoms with Crippen LogP contribution in [0.1, 0.15) is 19.8 Å². The first-order chi connectivity index (χ1) is 9.26. The van der Waals surface area contributed by atoms with E-state index in [4.69, 9.17) is 4.74 Å². The van der Waals surface area contributed by atoms with E-state index in [1.165, 1.54) is 7.11 Å². The van der Waals surface area contributed by atoms with Crippen molar-refractivity contribution >= 4 is 15.7 Å². The van der Waals surface area contributed by atoms with Gasteiger partial charge in [0.25, 0.3) is 0 Å². The average molecular weight is 304 g/mol. The van der Waals surface area contributed by atoms with Gasteiger partial charge in [-0.25, -0.2) is 8.42 Å². The predicted molar refractivity (Wildman–Crippen MR) is 76.2 cm³/mol. The van der Waals surface area contributed by atoms with Crippen LogP contribution in [0.5, 0.6) is 0 Å². The first-order valence-electron chi connectivity index (χ1n) is 6.98. The van der Waals surface area contributed by atoms with Gasteiger partial charge in [0, 0.05) is 12.5 Å². The van der Waals surface area contributed by atoms with Gasteiger partial charge in [-0.3, -0.25) is 4.79 Å². The van der Waals surface area contributed by atoms with Gasteiger partial charge in [0.1, 0.15) is 0 Å². The highest BCUT2D eigenvalue weighted by Crippen LogP contribution is 2.31. The van der Waals surface area contributed by atoms with Crippen LogP contribution in [-0.2, 0) is 19.4 Å². The van der Waals surface area contributed by atoms with Crippen LogP contribution in [0.2, 0.25) is 0 Å². The zero-order valence-electron chi connectivity index (χ0n) is 12.4. The first-order valence-corrected chi connectivity index (χ1v) is 8.81. The van der Waals surface area contributed by atoms with Crippen LogP contribution in [-0.4, -0.2) is 70.1 Å². The van der Waals surface area contributed by atoms with Crippen molar-refractivity contribution in [1.82, 2.24) is 10.2 Å². The largest absolute Gasteiger partial charge is 0.378 e. The SMILES string of the molecule is CO[C@@H]1CS(=O)(=O)C[C@H]1NC(=O)C1(C)CCN(C)CC1. The lowest BCUT2D eigenvalue weighted by atomic mass is 9.79. The Morgan fingerprint density at radius 2 is 1.90 bits per heavy atom. The summed E-state index contributed by atoms with van der Waals surface area (Å²) in [5.74, 6) is -0.0732. The van der Waals surface area contributed by atoms with Crippen molar-refractivity contribution in [3.63, 3.8) is 0 Å².